The number of carbonyl (C=O) groups is 1. The van der Waals surface area contributed by atoms with E-state index < -0.39 is 0 Å². The van der Waals surface area contributed by atoms with Gasteiger partial charge in [-0.3, -0.25) is 4.79 Å². The Morgan fingerprint density at radius 2 is 1.76 bits per heavy atom. The van der Waals surface area contributed by atoms with Crippen molar-refractivity contribution in [1.82, 2.24) is 15.1 Å². The summed E-state index contributed by atoms with van der Waals surface area (Å²) in [6.45, 7) is 10.5. The number of rotatable bonds is 3. The summed E-state index contributed by atoms with van der Waals surface area (Å²) in [6, 6.07) is 5.02. The Balaban J connectivity index is 0.00000150. The fraction of sp³-hybridized carbons (Fsp3) is 0.667. The molecule has 0 atom stereocenters. The predicted octanol–water partition coefficient (Wildman–Crippen LogP) is 3.03. The maximum absolute atomic E-state index is 14.7. The van der Waals surface area contributed by atoms with E-state index in [0.717, 1.165) is 71.7 Å². The van der Waals surface area contributed by atoms with Crippen molar-refractivity contribution in [3.05, 3.63) is 29.6 Å². The van der Waals surface area contributed by atoms with Crippen LogP contribution in [0.4, 0.5) is 10.1 Å². The summed E-state index contributed by atoms with van der Waals surface area (Å²) in [4.78, 5) is 19.2. The zero-order valence-electron chi connectivity index (χ0n) is 17.2. The second-order valence-electron chi connectivity index (χ2n) is 8.31. The molecule has 8 heteroatoms. The van der Waals surface area contributed by atoms with Crippen LogP contribution in [0, 0.1) is 11.2 Å². The van der Waals surface area contributed by atoms with Gasteiger partial charge in [-0.2, -0.15) is 0 Å². The number of piperidine rings is 1. The van der Waals surface area contributed by atoms with Gasteiger partial charge in [0, 0.05) is 51.4 Å². The maximum Gasteiger partial charge on any atom is 0.253 e. The minimum atomic E-state index is -0.278. The molecule has 1 aromatic rings. The van der Waals surface area contributed by atoms with Gasteiger partial charge in [-0.15, -0.1) is 24.8 Å². The summed E-state index contributed by atoms with van der Waals surface area (Å²) in [5.41, 5.74) is 1.48. The van der Waals surface area contributed by atoms with Gasteiger partial charge in [0.2, 0.25) is 0 Å². The van der Waals surface area contributed by atoms with E-state index >= 15 is 0 Å². The van der Waals surface area contributed by atoms with Gasteiger partial charge < -0.3 is 20.0 Å². The summed E-state index contributed by atoms with van der Waals surface area (Å²) >= 11 is 0. The summed E-state index contributed by atoms with van der Waals surface area (Å²) < 4.78 is 14.7. The van der Waals surface area contributed by atoms with Crippen molar-refractivity contribution in [2.24, 2.45) is 5.41 Å². The fourth-order valence-electron chi connectivity index (χ4n) is 4.79. The van der Waals surface area contributed by atoms with Gasteiger partial charge >= 0.3 is 0 Å². The normalized spacial score (nSPS) is 21.6. The summed E-state index contributed by atoms with van der Waals surface area (Å²) in [5, 5.41) is 3.45. The third kappa shape index (κ3) is 5.16. The second-order valence-corrected chi connectivity index (χ2v) is 8.31. The van der Waals surface area contributed by atoms with E-state index in [1.807, 2.05) is 4.90 Å². The second kappa shape index (κ2) is 10.3. The number of likely N-dealkylation sites (tertiary alicyclic amines) is 1. The minimum absolute atomic E-state index is 0. The number of nitrogens with zero attached hydrogens (tertiary/aromatic N) is 3. The van der Waals surface area contributed by atoms with Crippen LogP contribution in [-0.4, -0.2) is 74.6 Å². The number of anilines is 1. The van der Waals surface area contributed by atoms with Gasteiger partial charge in [-0.25, -0.2) is 4.39 Å². The topological polar surface area (TPSA) is 38.8 Å². The smallest absolute Gasteiger partial charge is 0.253 e. The molecule has 0 saturated carbocycles. The molecule has 29 heavy (non-hydrogen) atoms. The molecular weight excluding hydrogens is 414 g/mol. The van der Waals surface area contributed by atoms with Crippen LogP contribution in [0.25, 0.3) is 0 Å². The molecule has 164 valence electrons. The molecule has 3 heterocycles. The van der Waals surface area contributed by atoms with Gasteiger partial charge in [0.05, 0.1) is 5.69 Å². The Bertz CT molecular complexity index is 681. The molecule has 5 nitrogen and oxygen atoms in total. The quantitative estimate of drug-likeness (QED) is 0.774. The number of piperazine rings is 1. The highest BCUT2D eigenvalue weighted by Gasteiger charge is 2.38. The van der Waals surface area contributed by atoms with Crippen LogP contribution >= 0.6 is 24.8 Å². The van der Waals surface area contributed by atoms with Crippen molar-refractivity contribution in [1.29, 1.82) is 0 Å². The number of halogens is 3. The van der Waals surface area contributed by atoms with Crippen LogP contribution in [0.1, 0.15) is 36.5 Å². The third-order valence-corrected chi connectivity index (χ3v) is 6.80. The van der Waals surface area contributed by atoms with Crippen molar-refractivity contribution < 1.29 is 9.18 Å². The predicted molar refractivity (Wildman–Crippen MR) is 120 cm³/mol. The largest absolute Gasteiger partial charge is 0.367 e. The van der Waals surface area contributed by atoms with E-state index in [2.05, 4.69) is 22.0 Å². The first kappa shape index (κ1) is 24.2. The van der Waals surface area contributed by atoms with Gasteiger partial charge in [0.15, 0.2) is 0 Å². The molecule has 1 amide bonds. The molecule has 1 N–H and O–H groups in total. The van der Waals surface area contributed by atoms with Crippen LogP contribution in [0.5, 0.6) is 0 Å². The van der Waals surface area contributed by atoms with Gasteiger partial charge in [-0.05, 0) is 56.0 Å². The Morgan fingerprint density at radius 3 is 2.31 bits per heavy atom. The molecule has 0 radical (unpaired) electrons. The zero-order valence-corrected chi connectivity index (χ0v) is 18.8. The van der Waals surface area contributed by atoms with Crippen molar-refractivity contribution in [2.45, 2.75) is 26.2 Å². The highest BCUT2D eigenvalue weighted by atomic mass is 35.5. The van der Waals surface area contributed by atoms with Gasteiger partial charge in [0.1, 0.15) is 5.82 Å². The van der Waals surface area contributed by atoms with E-state index in [1.54, 1.807) is 12.1 Å². The standard InChI is InChI=1S/C21H31FN4O.2ClH/c1-2-24-11-13-25(14-12-24)19-4-3-17(15-18(19)22)20(27)26-9-6-21(7-10-26)5-8-23-16-21;;/h3-4,15,23H,2,5-14,16H2,1H3;2*1H. The lowest BCUT2D eigenvalue weighted by Crippen LogP contribution is -2.46. The highest BCUT2D eigenvalue weighted by molar-refractivity contribution is 5.94. The van der Waals surface area contributed by atoms with Crippen molar-refractivity contribution in [2.75, 3.05) is 63.8 Å². The van der Waals surface area contributed by atoms with Crippen LogP contribution in [0.15, 0.2) is 18.2 Å². The van der Waals surface area contributed by atoms with E-state index in [-0.39, 0.29) is 36.5 Å². The molecule has 0 aliphatic carbocycles. The molecule has 0 unspecified atom stereocenters. The minimum Gasteiger partial charge on any atom is -0.367 e. The van der Waals surface area contributed by atoms with Crippen LogP contribution in [0.2, 0.25) is 0 Å². The Hall–Kier alpha value is -1.08. The Labute approximate surface area is 185 Å². The monoisotopic (exact) mass is 446 g/mol. The molecule has 4 rings (SSSR count). The van der Waals surface area contributed by atoms with E-state index in [9.17, 15) is 9.18 Å². The first-order valence-electron chi connectivity index (χ1n) is 10.4. The highest BCUT2D eigenvalue weighted by Crippen LogP contribution is 2.37. The van der Waals surface area contributed by atoms with Crippen LogP contribution in [-0.2, 0) is 0 Å². The first-order valence-corrected chi connectivity index (χ1v) is 10.4. The van der Waals surface area contributed by atoms with Crippen LogP contribution in [0.3, 0.4) is 0 Å². The Morgan fingerprint density at radius 1 is 1.07 bits per heavy atom. The molecule has 3 fully saturated rings. The number of benzene rings is 1. The molecule has 0 bridgehead atoms. The number of amides is 1. The van der Waals surface area contributed by atoms with Crippen molar-refractivity contribution >= 4 is 36.4 Å². The molecule has 0 aromatic heterocycles. The average Bonchev–Trinajstić information content (AvgIpc) is 3.16. The summed E-state index contributed by atoms with van der Waals surface area (Å²) in [7, 11) is 0. The SMILES string of the molecule is CCN1CCN(c2ccc(C(=O)N3CCC4(CCNC4)CC3)cc2F)CC1.Cl.Cl. The molecule has 1 aromatic carbocycles. The Kier molecular flexibility index (Phi) is 8.59. The maximum atomic E-state index is 14.7. The summed E-state index contributed by atoms with van der Waals surface area (Å²) in [6.07, 6.45) is 3.31. The number of nitrogens with one attached hydrogen (secondary N) is 1. The average molecular weight is 447 g/mol. The molecular formula is C21H33Cl2FN4O. The fourth-order valence-corrected chi connectivity index (χ4v) is 4.79. The molecule has 3 saturated heterocycles. The van der Waals surface area contributed by atoms with Crippen LogP contribution < -0.4 is 10.2 Å². The zero-order chi connectivity index (χ0) is 18.9. The molecule has 1 spiro atoms. The van der Waals surface area contributed by atoms with E-state index in [0.29, 0.717) is 16.7 Å². The number of likely N-dealkylation sites (N-methyl/N-ethyl adjacent to an activating group) is 1. The number of carbonyl (C=O) groups excluding carboxylic acids is 1. The number of hydrogen-bond donors (Lipinski definition) is 1. The van der Waals surface area contributed by atoms with Gasteiger partial charge in [0.25, 0.3) is 5.91 Å². The first-order chi connectivity index (χ1) is 13.1. The lowest BCUT2D eigenvalue weighted by Gasteiger charge is -2.39. The van der Waals surface area contributed by atoms with Gasteiger partial charge in [-0.1, -0.05) is 6.92 Å². The lowest BCUT2D eigenvalue weighted by molar-refractivity contribution is 0.0607. The lowest BCUT2D eigenvalue weighted by atomic mass is 9.78. The molecule has 3 aliphatic rings. The van der Waals surface area contributed by atoms with E-state index in [1.165, 1.54) is 12.5 Å². The van der Waals surface area contributed by atoms with E-state index in [4.69, 9.17) is 0 Å². The summed E-state index contributed by atoms with van der Waals surface area (Å²) in [5.74, 6) is -0.309. The van der Waals surface area contributed by atoms with Crippen molar-refractivity contribution in [3.63, 3.8) is 0 Å². The third-order valence-electron chi connectivity index (χ3n) is 6.80. The van der Waals surface area contributed by atoms with Crippen molar-refractivity contribution in [3.8, 4) is 0 Å². The number of hydrogen-bond acceptors (Lipinski definition) is 4. The molecule has 3 aliphatic heterocycles.